The Morgan fingerprint density at radius 3 is 3.00 bits per heavy atom. The van der Waals surface area contributed by atoms with Crippen molar-refractivity contribution in [2.24, 2.45) is 0 Å². The number of rotatable bonds is 8. The molecule has 1 saturated heterocycles. The van der Waals surface area contributed by atoms with Gasteiger partial charge in [-0.2, -0.15) is 0 Å². The first kappa shape index (κ1) is 16.7. The predicted molar refractivity (Wildman–Crippen MR) is 84.0 cm³/mol. The van der Waals surface area contributed by atoms with Gasteiger partial charge in [-0.15, -0.1) is 0 Å². The molecule has 1 heterocycles. The van der Waals surface area contributed by atoms with Gasteiger partial charge in [0.1, 0.15) is 5.82 Å². The van der Waals surface area contributed by atoms with Crippen LogP contribution in [-0.2, 0) is 6.54 Å². The van der Waals surface area contributed by atoms with E-state index in [1.807, 2.05) is 0 Å². The van der Waals surface area contributed by atoms with Crippen LogP contribution in [0, 0.1) is 5.82 Å². The van der Waals surface area contributed by atoms with Crippen LogP contribution in [0.2, 0.25) is 5.02 Å². The molecule has 1 fully saturated rings. The normalized spacial score (nSPS) is 19.3. The summed E-state index contributed by atoms with van der Waals surface area (Å²) in [6, 6.07) is 5.12. The minimum atomic E-state index is -0.252. The van der Waals surface area contributed by atoms with E-state index in [1.165, 1.54) is 12.5 Å². The molecule has 0 bridgehead atoms. The van der Waals surface area contributed by atoms with E-state index in [0.717, 1.165) is 38.9 Å². The molecule has 0 radical (unpaired) electrons. The molecule has 3 nitrogen and oxygen atoms in total. The molecule has 0 aromatic heterocycles. The lowest BCUT2D eigenvalue weighted by Gasteiger charge is -2.22. The minimum absolute atomic E-state index is 0.252. The van der Waals surface area contributed by atoms with Crippen molar-refractivity contribution in [1.82, 2.24) is 10.2 Å². The number of aliphatic hydroxyl groups is 1. The van der Waals surface area contributed by atoms with E-state index >= 15 is 0 Å². The highest BCUT2D eigenvalue weighted by molar-refractivity contribution is 6.31. The number of halogens is 2. The second-order valence-electron chi connectivity index (χ2n) is 5.60. The van der Waals surface area contributed by atoms with Crippen molar-refractivity contribution in [2.45, 2.75) is 38.3 Å². The van der Waals surface area contributed by atoms with Crippen LogP contribution < -0.4 is 5.32 Å². The Hall–Kier alpha value is -0.680. The molecule has 1 unspecified atom stereocenters. The quantitative estimate of drug-likeness (QED) is 0.724. The van der Waals surface area contributed by atoms with E-state index in [4.69, 9.17) is 11.6 Å². The highest BCUT2D eigenvalue weighted by Gasteiger charge is 2.22. The van der Waals surface area contributed by atoms with Crippen LogP contribution in [0.3, 0.4) is 0 Å². The first-order chi connectivity index (χ1) is 10.2. The third kappa shape index (κ3) is 4.92. The highest BCUT2D eigenvalue weighted by atomic mass is 35.5. The molecule has 0 amide bonds. The summed E-state index contributed by atoms with van der Waals surface area (Å²) in [5.74, 6) is -0.252. The maximum absolute atomic E-state index is 13.6. The molecule has 118 valence electrons. The summed E-state index contributed by atoms with van der Waals surface area (Å²) < 4.78 is 13.6. The van der Waals surface area contributed by atoms with Gasteiger partial charge in [0, 0.05) is 23.2 Å². The largest absolute Gasteiger partial charge is 0.395 e. The van der Waals surface area contributed by atoms with Gasteiger partial charge in [-0.05, 0) is 57.5 Å². The van der Waals surface area contributed by atoms with Gasteiger partial charge in [-0.25, -0.2) is 4.39 Å². The second kappa shape index (κ2) is 8.69. The van der Waals surface area contributed by atoms with E-state index in [9.17, 15) is 9.50 Å². The van der Waals surface area contributed by atoms with Crippen molar-refractivity contribution >= 4 is 11.6 Å². The van der Waals surface area contributed by atoms with E-state index in [2.05, 4.69) is 10.2 Å². The first-order valence-electron chi connectivity index (χ1n) is 7.71. The maximum atomic E-state index is 13.6. The molecule has 5 heteroatoms. The lowest BCUT2D eigenvalue weighted by atomic mass is 10.2. The number of nitrogens with one attached hydrogen (secondary N) is 1. The van der Waals surface area contributed by atoms with Crippen LogP contribution >= 0.6 is 11.6 Å². The zero-order chi connectivity index (χ0) is 15.1. The Labute approximate surface area is 131 Å². The summed E-state index contributed by atoms with van der Waals surface area (Å²) in [6.07, 6.45) is 4.44. The van der Waals surface area contributed by atoms with E-state index < -0.39 is 0 Å². The number of nitrogens with zero attached hydrogens (tertiary/aromatic N) is 1. The summed E-state index contributed by atoms with van der Waals surface area (Å²) in [6.45, 7) is 3.72. The van der Waals surface area contributed by atoms with Crippen molar-refractivity contribution in [3.8, 4) is 0 Å². The summed E-state index contributed by atoms with van der Waals surface area (Å²) in [5, 5.41) is 13.0. The molecule has 0 aliphatic carbocycles. The number of aliphatic hydroxyl groups excluding tert-OH is 1. The van der Waals surface area contributed by atoms with Crippen molar-refractivity contribution in [3.63, 3.8) is 0 Å². The fourth-order valence-corrected chi connectivity index (χ4v) is 3.11. The Bertz CT molecular complexity index is 424. The molecule has 2 N–H and O–H groups in total. The molecule has 21 heavy (non-hydrogen) atoms. The molecular formula is C16H24ClFN2O. The van der Waals surface area contributed by atoms with E-state index in [-0.39, 0.29) is 12.4 Å². The van der Waals surface area contributed by atoms with Gasteiger partial charge in [-0.3, -0.25) is 4.90 Å². The SMILES string of the molecule is OCC1CCCN1CCCCNCc1c(F)cccc1Cl. The predicted octanol–water partition coefficient (Wildman–Crippen LogP) is 2.81. The average molecular weight is 315 g/mol. The Morgan fingerprint density at radius 1 is 1.38 bits per heavy atom. The van der Waals surface area contributed by atoms with Crippen molar-refractivity contribution in [2.75, 3.05) is 26.2 Å². The topological polar surface area (TPSA) is 35.5 Å². The van der Waals surface area contributed by atoms with Crippen LogP contribution in [0.4, 0.5) is 4.39 Å². The number of hydrogen-bond acceptors (Lipinski definition) is 3. The third-order valence-electron chi connectivity index (χ3n) is 4.12. The molecule has 0 spiro atoms. The smallest absolute Gasteiger partial charge is 0.129 e. The Morgan fingerprint density at radius 2 is 2.24 bits per heavy atom. The van der Waals surface area contributed by atoms with Crippen molar-refractivity contribution in [3.05, 3.63) is 34.6 Å². The maximum Gasteiger partial charge on any atom is 0.129 e. The van der Waals surface area contributed by atoms with Crippen LogP contribution in [0.5, 0.6) is 0 Å². The van der Waals surface area contributed by atoms with Crippen molar-refractivity contribution < 1.29 is 9.50 Å². The zero-order valence-electron chi connectivity index (χ0n) is 12.3. The molecule has 1 aromatic rings. The average Bonchev–Trinajstić information content (AvgIpc) is 2.92. The monoisotopic (exact) mass is 314 g/mol. The molecule has 1 aliphatic heterocycles. The first-order valence-corrected chi connectivity index (χ1v) is 8.08. The molecule has 1 aromatic carbocycles. The van der Waals surface area contributed by atoms with Gasteiger partial charge in [0.15, 0.2) is 0 Å². The van der Waals surface area contributed by atoms with Gasteiger partial charge in [0.2, 0.25) is 0 Å². The molecule has 0 saturated carbocycles. The lowest BCUT2D eigenvalue weighted by Crippen LogP contribution is -2.33. The van der Waals surface area contributed by atoms with Gasteiger partial charge >= 0.3 is 0 Å². The van der Waals surface area contributed by atoms with Gasteiger partial charge < -0.3 is 10.4 Å². The molecule has 2 rings (SSSR count). The van der Waals surface area contributed by atoms with Crippen LogP contribution in [-0.4, -0.2) is 42.3 Å². The molecular weight excluding hydrogens is 291 g/mol. The number of unbranched alkanes of at least 4 members (excludes halogenated alkanes) is 1. The van der Waals surface area contributed by atoms with Gasteiger partial charge in [0.25, 0.3) is 0 Å². The fourth-order valence-electron chi connectivity index (χ4n) is 2.88. The third-order valence-corrected chi connectivity index (χ3v) is 4.48. The van der Waals surface area contributed by atoms with Gasteiger partial charge in [-0.1, -0.05) is 17.7 Å². The van der Waals surface area contributed by atoms with E-state index in [1.54, 1.807) is 12.1 Å². The summed E-state index contributed by atoms with van der Waals surface area (Å²) in [7, 11) is 0. The molecule has 1 atom stereocenters. The Kier molecular flexibility index (Phi) is 6.90. The highest BCUT2D eigenvalue weighted by Crippen LogP contribution is 2.19. The number of hydrogen-bond donors (Lipinski definition) is 2. The second-order valence-corrected chi connectivity index (χ2v) is 6.01. The minimum Gasteiger partial charge on any atom is -0.395 e. The summed E-state index contributed by atoms with van der Waals surface area (Å²) in [5.41, 5.74) is 0.541. The van der Waals surface area contributed by atoms with Gasteiger partial charge in [0.05, 0.1) is 6.61 Å². The standard InChI is InChI=1S/C16H24ClFN2O/c17-15-6-3-7-16(18)14(15)11-19-8-1-2-9-20-10-4-5-13(20)12-21/h3,6-7,13,19,21H,1-2,4-5,8-12H2. The fraction of sp³-hybridized carbons (Fsp3) is 0.625. The number of benzene rings is 1. The lowest BCUT2D eigenvalue weighted by molar-refractivity contribution is 0.157. The summed E-state index contributed by atoms with van der Waals surface area (Å²) in [4.78, 5) is 2.37. The van der Waals surface area contributed by atoms with Crippen LogP contribution in [0.1, 0.15) is 31.2 Å². The zero-order valence-corrected chi connectivity index (χ0v) is 13.1. The summed E-state index contributed by atoms with van der Waals surface area (Å²) >= 11 is 5.98. The van der Waals surface area contributed by atoms with Crippen LogP contribution in [0.15, 0.2) is 18.2 Å². The Balaban J connectivity index is 1.60. The van der Waals surface area contributed by atoms with E-state index in [0.29, 0.717) is 23.2 Å². The molecule has 1 aliphatic rings. The van der Waals surface area contributed by atoms with Crippen LogP contribution in [0.25, 0.3) is 0 Å². The van der Waals surface area contributed by atoms with Crippen molar-refractivity contribution in [1.29, 1.82) is 0 Å². The number of likely N-dealkylation sites (tertiary alicyclic amines) is 1.